The van der Waals surface area contributed by atoms with Crippen molar-refractivity contribution in [1.29, 1.82) is 0 Å². The van der Waals surface area contributed by atoms with Crippen LogP contribution < -0.4 is 5.32 Å². The van der Waals surface area contributed by atoms with Crippen LogP contribution in [0.3, 0.4) is 0 Å². The van der Waals surface area contributed by atoms with Crippen LogP contribution in [0.2, 0.25) is 0 Å². The van der Waals surface area contributed by atoms with E-state index in [1.807, 2.05) is 0 Å². The van der Waals surface area contributed by atoms with Crippen LogP contribution in [0.25, 0.3) is 0 Å². The molecule has 2 heteroatoms. The van der Waals surface area contributed by atoms with Gasteiger partial charge < -0.3 is 5.32 Å². The summed E-state index contributed by atoms with van der Waals surface area (Å²) in [7, 11) is 0. The topological polar surface area (TPSA) is 12.0 Å². The maximum atomic E-state index is 4.72. The molecule has 0 aliphatic carbocycles. The molecule has 14 heavy (non-hydrogen) atoms. The van der Waals surface area contributed by atoms with Crippen molar-refractivity contribution in [3.8, 4) is 0 Å². The van der Waals surface area contributed by atoms with E-state index < -0.39 is 0 Å². The summed E-state index contributed by atoms with van der Waals surface area (Å²) in [5, 5.41) is 5.04. The molecule has 0 saturated carbocycles. The number of unbranched alkanes of at least 4 members (excludes halogenated alkanes) is 7. The predicted octanol–water partition coefficient (Wildman–Crippen LogP) is 3.72. The molecule has 0 rings (SSSR count). The fourth-order valence-corrected chi connectivity index (χ4v) is 1.66. The fraction of sp³-hybridized carbons (Fsp3) is 0.917. The molecule has 0 saturated heterocycles. The first-order valence-electron chi connectivity index (χ1n) is 6.06. The van der Waals surface area contributed by atoms with E-state index >= 15 is 0 Å². The lowest BCUT2D eigenvalue weighted by molar-refractivity contribution is 0.565. The highest BCUT2D eigenvalue weighted by atomic mass is 32.1. The summed E-state index contributed by atoms with van der Waals surface area (Å²) < 4.78 is 0. The lowest BCUT2D eigenvalue weighted by Crippen LogP contribution is -2.16. The molecule has 84 valence electrons. The third-order valence-electron chi connectivity index (χ3n) is 2.43. The van der Waals surface area contributed by atoms with Gasteiger partial charge in [-0.15, -0.1) is 0 Å². The van der Waals surface area contributed by atoms with E-state index in [4.69, 9.17) is 12.2 Å². The monoisotopic (exact) mass is 215 g/mol. The maximum Gasteiger partial charge on any atom is 0.0238 e. The zero-order chi connectivity index (χ0) is 10.5. The van der Waals surface area contributed by atoms with Gasteiger partial charge in [0, 0.05) is 6.54 Å². The van der Waals surface area contributed by atoms with Gasteiger partial charge in [-0.2, -0.15) is 0 Å². The van der Waals surface area contributed by atoms with E-state index in [1.165, 1.54) is 51.4 Å². The first kappa shape index (κ1) is 14.1. The SMILES string of the molecule is CCCCCCCCCCNCC=S. The smallest absolute Gasteiger partial charge is 0.0238 e. The molecule has 0 aromatic rings. The van der Waals surface area contributed by atoms with Crippen molar-refractivity contribution in [2.75, 3.05) is 13.1 Å². The van der Waals surface area contributed by atoms with Crippen LogP contribution in [0.1, 0.15) is 58.3 Å². The van der Waals surface area contributed by atoms with Gasteiger partial charge in [-0.3, -0.25) is 0 Å². The van der Waals surface area contributed by atoms with Crippen LogP contribution in [0.4, 0.5) is 0 Å². The van der Waals surface area contributed by atoms with Gasteiger partial charge in [-0.05, 0) is 18.3 Å². The Hall–Kier alpha value is 0.0500. The summed E-state index contributed by atoms with van der Waals surface area (Å²) in [6, 6.07) is 0. The quantitative estimate of drug-likeness (QED) is 0.416. The number of hydrogen-bond acceptors (Lipinski definition) is 2. The van der Waals surface area contributed by atoms with Crippen molar-refractivity contribution in [3.05, 3.63) is 0 Å². The van der Waals surface area contributed by atoms with Crippen LogP contribution in [0.15, 0.2) is 0 Å². The normalized spacial score (nSPS) is 10.4. The minimum Gasteiger partial charge on any atom is -0.312 e. The molecular formula is C12H25NS. The summed E-state index contributed by atoms with van der Waals surface area (Å²) in [5.41, 5.74) is 0. The van der Waals surface area contributed by atoms with Crippen molar-refractivity contribution >= 4 is 17.6 Å². The van der Waals surface area contributed by atoms with Crippen molar-refractivity contribution in [2.45, 2.75) is 58.3 Å². The van der Waals surface area contributed by atoms with Crippen molar-refractivity contribution < 1.29 is 0 Å². The number of thiocarbonyl (C=S) groups is 1. The van der Waals surface area contributed by atoms with E-state index in [0.717, 1.165) is 13.1 Å². The van der Waals surface area contributed by atoms with Gasteiger partial charge in [-0.25, -0.2) is 0 Å². The zero-order valence-corrected chi connectivity index (χ0v) is 10.4. The molecule has 0 amide bonds. The number of rotatable bonds is 11. The largest absolute Gasteiger partial charge is 0.312 e. The predicted molar refractivity (Wildman–Crippen MR) is 69.1 cm³/mol. The second kappa shape index (κ2) is 13.1. The summed E-state index contributed by atoms with van der Waals surface area (Å²) in [5.74, 6) is 0. The molecule has 1 nitrogen and oxygen atoms in total. The van der Waals surface area contributed by atoms with E-state index in [1.54, 1.807) is 5.37 Å². The lowest BCUT2D eigenvalue weighted by atomic mass is 10.1. The Morgan fingerprint density at radius 2 is 1.50 bits per heavy atom. The van der Waals surface area contributed by atoms with Crippen LogP contribution in [0.5, 0.6) is 0 Å². The van der Waals surface area contributed by atoms with E-state index in [2.05, 4.69) is 12.2 Å². The van der Waals surface area contributed by atoms with E-state index in [-0.39, 0.29) is 0 Å². The average molecular weight is 215 g/mol. The van der Waals surface area contributed by atoms with Gasteiger partial charge in [-0.1, -0.05) is 64.1 Å². The Kier molecular flexibility index (Phi) is 13.1. The van der Waals surface area contributed by atoms with Crippen LogP contribution >= 0.6 is 12.2 Å². The Morgan fingerprint density at radius 1 is 0.929 bits per heavy atom. The molecule has 0 radical (unpaired) electrons. The molecule has 0 unspecified atom stereocenters. The number of hydrogen-bond donors (Lipinski definition) is 1. The average Bonchev–Trinajstić information content (AvgIpc) is 2.21. The molecule has 0 fully saturated rings. The van der Waals surface area contributed by atoms with Crippen LogP contribution in [0, 0.1) is 0 Å². The Bertz CT molecular complexity index is 115. The highest BCUT2D eigenvalue weighted by molar-refractivity contribution is 7.79. The van der Waals surface area contributed by atoms with Crippen molar-refractivity contribution in [2.24, 2.45) is 0 Å². The molecule has 0 aromatic heterocycles. The third-order valence-corrected chi connectivity index (χ3v) is 2.60. The van der Waals surface area contributed by atoms with Crippen molar-refractivity contribution in [3.63, 3.8) is 0 Å². The van der Waals surface area contributed by atoms with Gasteiger partial charge in [0.2, 0.25) is 0 Å². The first-order valence-corrected chi connectivity index (χ1v) is 6.53. The first-order chi connectivity index (χ1) is 6.91. The second-order valence-corrected chi connectivity index (χ2v) is 4.18. The van der Waals surface area contributed by atoms with Gasteiger partial charge in [0.1, 0.15) is 0 Å². The van der Waals surface area contributed by atoms with Gasteiger partial charge in [0.25, 0.3) is 0 Å². The highest BCUT2D eigenvalue weighted by Gasteiger charge is 1.90. The lowest BCUT2D eigenvalue weighted by Gasteiger charge is -2.02. The molecule has 0 aromatic carbocycles. The molecule has 0 aliphatic heterocycles. The summed E-state index contributed by atoms with van der Waals surface area (Å²) in [6.07, 6.45) is 11.1. The van der Waals surface area contributed by atoms with Gasteiger partial charge in [0.15, 0.2) is 0 Å². The van der Waals surface area contributed by atoms with Crippen LogP contribution in [-0.2, 0) is 0 Å². The van der Waals surface area contributed by atoms with E-state index in [9.17, 15) is 0 Å². The Morgan fingerprint density at radius 3 is 2.07 bits per heavy atom. The van der Waals surface area contributed by atoms with E-state index in [0.29, 0.717) is 0 Å². The summed E-state index contributed by atoms with van der Waals surface area (Å²) >= 11 is 4.72. The summed E-state index contributed by atoms with van der Waals surface area (Å²) in [6.45, 7) is 4.27. The van der Waals surface area contributed by atoms with Gasteiger partial charge in [0.05, 0.1) is 0 Å². The molecule has 0 heterocycles. The molecular weight excluding hydrogens is 190 g/mol. The molecule has 0 aliphatic rings. The zero-order valence-electron chi connectivity index (χ0n) is 9.56. The summed E-state index contributed by atoms with van der Waals surface area (Å²) in [4.78, 5) is 0. The molecule has 0 spiro atoms. The molecule has 0 bridgehead atoms. The maximum absolute atomic E-state index is 4.72. The van der Waals surface area contributed by atoms with Crippen molar-refractivity contribution in [1.82, 2.24) is 5.32 Å². The van der Waals surface area contributed by atoms with Crippen LogP contribution in [-0.4, -0.2) is 18.5 Å². The Balaban J connectivity index is 2.81. The molecule has 0 atom stereocenters. The molecule has 1 N–H and O–H groups in total. The fourth-order valence-electron chi connectivity index (χ4n) is 1.54. The van der Waals surface area contributed by atoms with Gasteiger partial charge >= 0.3 is 0 Å². The minimum atomic E-state index is 0.881. The standard InChI is InChI=1S/C12H25NS/c1-2-3-4-5-6-7-8-9-10-13-11-12-14/h12-13H,2-11H2,1H3. The third kappa shape index (κ3) is 12.0. The highest BCUT2D eigenvalue weighted by Crippen LogP contribution is 2.07. The second-order valence-electron chi connectivity index (χ2n) is 3.85. The minimum absolute atomic E-state index is 0.881. The Labute approximate surface area is 94.7 Å². The number of nitrogens with one attached hydrogen (secondary N) is 1.